The first-order chi connectivity index (χ1) is 14.0. The quantitative estimate of drug-likeness (QED) is 0.370. The highest BCUT2D eigenvalue weighted by atomic mass is 16.5. The molecule has 0 saturated carbocycles. The van der Waals surface area contributed by atoms with Crippen LogP contribution in [-0.2, 0) is 11.2 Å². The number of piperidine rings is 1. The molecule has 29 heavy (non-hydrogen) atoms. The van der Waals surface area contributed by atoms with Crippen molar-refractivity contribution in [1.82, 2.24) is 15.5 Å². The van der Waals surface area contributed by atoms with Crippen LogP contribution >= 0.6 is 0 Å². The Balaban J connectivity index is 1.48. The van der Waals surface area contributed by atoms with Crippen molar-refractivity contribution in [3.8, 4) is 5.75 Å². The zero-order valence-electron chi connectivity index (χ0n) is 16.9. The van der Waals surface area contributed by atoms with Crippen LogP contribution in [0.4, 0.5) is 0 Å². The Labute approximate surface area is 171 Å². The third kappa shape index (κ3) is 5.71. The van der Waals surface area contributed by atoms with Crippen molar-refractivity contribution in [2.45, 2.75) is 38.5 Å². The molecule has 1 aromatic carbocycles. The fourth-order valence-corrected chi connectivity index (χ4v) is 4.07. The third-order valence-corrected chi connectivity index (χ3v) is 5.73. The average Bonchev–Trinajstić information content (AvgIpc) is 2.69. The zero-order chi connectivity index (χ0) is 20.8. The summed E-state index contributed by atoms with van der Waals surface area (Å²) in [4.78, 5) is 26.3. The SMILES string of the molecule is CCNCCN1CCC(CC(=O)N[C@H]2Cc3cccc(C(=O)O)c3OB2O)CC1. The third-order valence-electron chi connectivity index (χ3n) is 5.73. The maximum atomic E-state index is 12.5. The molecule has 0 aliphatic carbocycles. The largest absolute Gasteiger partial charge is 0.547 e. The molecule has 3 rings (SSSR count). The minimum atomic E-state index is -1.26. The number of likely N-dealkylation sites (N-methyl/N-ethyl adjacent to an activating group) is 1. The van der Waals surface area contributed by atoms with Gasteiger partial charge in [0.1, 0.15) is 5.75 Å². The summed E-state index contributed by atoms with van der Waals surface area (Å²) in [5.41, 5.74) is 0.696. The van der Waals surface area contributed by atoms with E-state index in [1.165, 1.54) is 6.07 Å². The van der Waals surface area contributed by atoms with E-state index in [0.717, 1.165) is 45.6 Å². The molecule has 158 valence electrons. The van der Waals surface area contributed by atoms with Crippen molar-refractivity contribution in [3.05, 3.63) is 29.3 Å². The molecule has 1 amide bonds. The number of carbonyl (C=O) groups excluding carboxylic acids is 1. The van der Waals surface area contributed by atoms with E-state index in [1.54, 1.807) is 12.1 Å². The molecule has 1 aromatic rings. The van der Waals surface area contributed by atoms with E-state index in [-0.39, 0.29) is 17.2 Å². The summed E-state index contributed by atoms with van der Waals surface area (Å²) >= 11 is 0. The number of hydrogen-bond donors (Lipinski definition) is 4. The summed E-state index contributed by atoms with van der Waals surface area (Å²) in [6, 6.07) is 4.85. The second-order valence-corrected chi connectivity index (χ2v) is 7.83. The summed E-state index contributed by atoms with van der Waals surface area (Å²) in [6.07, 6.45) is 2.76. The van der Waals surface area contributed by atoms with Crippen molar-refractivity contribution in [2.75, 3.05) is 32.7 Å². The van der Waals surface area contributed by atoms with Crippen LogP contribution in [0.25, 0.3) is 0 Å². The van der Waals surface area contributed by atoms with Gasteiger partial charge in [0.15, 0.2) is 0 Å². The molecule has 0 spiro atoms. The van der Waals surface area contributed by atoms with Crippen LogP contribution in [0.3, 0.4) is 0 Å². The Morgan fingerprint density at radius 3 is 2.76 bits per heavy atom. The molecule has 8 nitrogen and oxygen atoms in total. The lowest BCUT2D eigenvalue weighted by Gasteiger charge is -2.32. The molecule has 0 radical (unpaired) electrons. The van der Waals surface area contributed by atoms with Crippen LogP contribution in [0.15, 0.2) is 18.2 Å². The minimum Gasteiger partial charge on any atom is -0.534 e. The lowest BCUT2D eigenvalue weighted by molar-refractivity contribution is -0.122. The highest BCUT2D eigenvalue weighted by Gasteiger charge is 2.38. The van der Waals surface area contributed by atoms with Crippen molar-refractivity contribution in [3.63, 3.8) is 0 Å². The number of carbonyl (C=O) groups is 2. The lowest BCUT2D eigenvalue weighted by Crippen LogP contribution is -2.53. The van der Waals surface area contributed by atoms with Gasteiger partial charge in [0.2, 0.25) is 5.91 Å². The van der Waals surface area contributed by atoms with E-state index >= 15 is 0 Å². The van der Waals surface area contributed by atoms with Crippen LogP contribution in [0.5, 0.6) is 5.75 Å². The first-order valence-corrected chi connectivity index (χ1v) is 10.4. The van der Waals surface area contributed by atoms with Crippen LogP contribution in [0.2, 0.25) is 0 Å². The number of amides is 1. The molecule has 1 saturated heterocycles. The van der Waals surface area contributed by atoms with Gasteiger partial charge >= 0.3 is 13.1 Å². The van der Waals surface area contributed by atoms with Gasteiger partial charge < -0.3 is 30.3 Å². The topological polar surface area (TPSA) is 111 Å². The first-order valence-electron chi connectivity index (χ1n) is 10.4. The number of benzene rings is 1. The number of carboxylic acids is 1. The number of nitrogens with zero attached hydrogens (tertiary/aromatic N) is 1. The van der Waals surface area contributed by atoms with E-state index in [9.17, 15) is 19.7 Å². The number of likely N-dealkylation sites (tertiary alicyclic amines) is 1. The molecule has 4 N–H and O–H groups in total. The molecule has 0 aromatic heterocycles. The number of carboxylic acid groups (broad SMARTS) is 1. The molecule has 9 heteroatoms. The lowest BCUT2D eigenvalue weighted by atomic mass is 9.72. The Morgan fingerprint density at radius 2 is 2.07 bits per heavy atom. The summed E-state index contributed by atoms with van der Waals surface area (Å²) in [7, 11) is -1.26. The van der Waals surface area contributed by atoms with Gasteiger partial charge in [0, 0.05) is 19.5 Å². The molecular formula is C20H30BN3O5. The first kappa shape index (κ1) is 21.6. The van der Waals surface area contributed by atoms with Gasteiger partial charge in [0.25, 0.3) is 0 Å². The van der Waals surface area contributed by atoms with Crippen LogP contribution in [0.1, 0.15) is 42.1 Å². The van der Waals surface area contributed by atoms with Gasteiger partial charge in [-0.1, -0.05) is 19.1 Å². The summed E-state index contributed by atoms with van der Waals surface area (Å²) < 4.78 is 5.44. The number of nitrogens with one attached hydrogen (secondary N) is 2. The Morgan fingerprint density at radius 1 is 1.31 bits per heavy atom. The Kier molecular flexibility index (Phi) is 7.52. The molecule has 0 unspecified atom stereocenters. The van der Waals surface area contributed by atoms with E-state index in [0.29, 0.717) is 24.3 Å². The van der Waals surface area contributed by atoms with Gasteiger partial charge in [-0.15, -0.1) is 0 Å². The van der Waals surface area contributed by atoms with Gasteiger partial charge in [-0.25, -0.2) is 4.79 Å². The van der Waals surface area contributed by atoms with Gasteiger partial charge in [-0.2, -0.15) is 0 Å². The average molecular weight is 403 g/mol. The van der Waals surface area contributed by atoms with Crippen molar-refractivity contribution < 1.29 is 24.4 Å². The Bertz CT molecular complexity index is 724. The van der Waals surface area contributed by atoms with Gasteiger partial charge in [0.05, 0.1) is 11.5 Å². The van der Waals surface area contributed by atoms with Gasteiger partial charge in [-0.05, 0) is 56.4 Å². The smallest absolute Gasteiger partial charge is 0.534 e. The highest BCUT2D eigenvalue weighted by Crippen LogP contribution is 2.30. The normalized spacial score (nSPS) is 20.1. The molecule has 2 aliphatic rings. The van der Waals surface area contributed by atoms with Crippen LogP contribution in [0, 0.1) is 5.92 Å². The molecule has 2 aliphatic heterocycles. The Hall–Kier alpha value is -2.10. The fourth-order valence-electron chi connectivity index (χ4n) is 4.07. The van der Waals surface area contributed by atoms with Crippen molar-refractivity contribution in [1.29, 1.82) is 0 Å². The molecule has 0 bridgehead atoms. The highest BCUT2D eigenvalue weighted by molar-refractivity contribution is 6.47. The summed E-state index contributed by atoms with van der Waals surface area (Å²) in [5, 5.41) is 25.7. The predicted octanol–water partition coefficient (Wildman–Crippen LogP) is 0.536. The summed E-state index contributed by atoms with van der Waals surface area (Å²) in [6.45, 7) is 7.12. The fraction of sp³-hybridized carbons (Fsp3) is 0.600. The maximum absolute atomic E-state index is 12.5. The standard InChI is InChI=1S/C20H30BN3O5/c1-2-22-8-11-24-9-6-14(7-10-24)12-18(25)23-17-13-15-4-3-5-16(20(26)27)19(15)29-21(17)28/h3-5,14,17,22,28H,2,6-13H2,1H3,(H,23,25)(H,26,27)/t17-/m0/s1. The molecule has 1 atom stereocenters. The van der Waals surface area contributed by atoms with Crippen LogP contribution < -0.4 is 15.3 Å². The number of rotatable bonds is 8. The van der Waals surface area contributed by atoms with E-state index in [1.807, 2.05) is 0 Å². The zero-order valence-corrected chi connectivity index (χ0v) is 16.9. The number of para-hydroxylation sites is 1. The monoisotopic (exact) mass is 403 g/mol. The number of hydrogen-bond acceptors (Lipinski definition) is 6. The summed E-state index contributed by atoms with van der Waals surface area (Å²) in [5.74, 6) is -1.25. The molecular weight excluding hydrogens is 373 g/mol. The molecule has 2 heterocycles. The molecule has 1 fully saturated rings. The predicted molar refractivity (Wildman–Crippen MR) is 110 cm³/mol. The minimum absolute atomic E-state index is 0.0206. The van der Waals surface area contributed by atoms with Crippen LogP contribution in [-0.4, -0.2) is 72.7 Å². The van der Waals surface area contributed by atoms with Gasteiger partial charge in [-0.3, -0.25) is 4.79 Å². The number of fused-ring (bicyclic) bond motifs is 1. The second kappa shape index (κ2) is 10.1. The van der Waals surface area contributed by atoms with E-state index < -0.39 is 19.0 Å². The van der Waals surface area contributed by atoms with E-state index in [4.69, 9.17) is 4.65 Å². The number of aromatic carboxylic acids is 1. The van der Waals surface area contributed by atoms with Crippen molar-refractivity contribution >= 4 is 19.0 Å². The van der Waals surface area contributed by atoms with Crippen molar-refractivity contribution in [2.24, 2.45) is 5.92 Å². The van der Waals surface area contributed by atoms with E-state index in [2.05, 4.69) is 22.5 Å². The maximum Gasteiger partial charge on any atom is 0.547 e. The second-order valence-electron chi connectivity index (χ2n) is 7.83.